The van der Waals surface area contributed by atoms with Crippen LogP contribution in [0.5, 0.6) is 0 Å². The minimum Gasteiger partial charge on any atom is -0.478 e. The number of hydrogen-bond donors (Lipinski definition) is 2. The van der Waals surface area contributed by atoms with Crippen molar-refractivity contribution in [3.8, 4) is 0 Å². The van der Waals surface area contributed by atoms with E-state index in [1.807, 2.05) is 13.8 Å². The van der Waals surface area contributed by atoms with Gasteiger partial charge in [0, 0.05) is 18.3 Å². The number of nitrogens with one attached hydrogen (secondary N) is 1. The zero-order valence-corrected chi connectivity index (χ0v) is 8.76. The second-order valence-electron chi connectivity index (χ2n) is 4.80. The molecule has 1 aliphatic rings. The number of hydrogen-bond acceptors (Lipinski definition) is 2. The maximum Gasteiger partial charge on any atom is 0.337 e. The van der Waals surface area contributed by atoms with E-state index in [-0.39, 0.29) is 16.8 Å². The normalized spacial score (nSPS) is 18.7. The van der Waals surface area contributed by atoms with Crippen molar-refractivity contribution >= 4 is 11.8 Å². The number of aromatic nitrogens is 1. The number of ketones is 1. The lowest BCUT2D eigenvalue weighted by atomic mass is 9.75. The van der Waals surface area contributed by atoms with Crippen molar-refractivity contribution in [1.82, 2.24) is 4.98 Å². The van der Waals surface area contributed by atoms with Gasteiger partial charge in [-0.2, -0.15) is 0 Å². The third kappa shape index (κ3) is 1.56. The topological polar surface area (TPSA) is 70.2 Å². The summed E-state index contributed by atoms with van der Waals surface area (Å²) in [7, 11) is 0. The highest BCUT2D eigenvalue weighted by Gasteiger charge is 2.34. The van der Waals surface area contributed by atoms with Crippen LogP contribution in [0.25, 0.3) is 0 Å². The molecular formula is C11H13NO3. The molecule has 0 aromatic carbocycles. The number of carboxylic acid groups (broad SMARTS) is 1. The number of H-pyrrole nitrogens is 1. The van der Waals surface area contributed by atoms with Crippen molar-refractivity contribution in [2.24, 2.45) is 5.41 Å². The van der Waals surface area contributed by atoms with E-state index in [4.69, 9.17) is 5.11 Å². The van der Waals surface area contributed by atoms with Crippen molar-refractivity contribution < 1.29 is 14.7 Å². The summed E-state index contributed by atoms with van der Waals surface area (Å²) < 4.78 is 0. The zero-order chi connectivity index (χ0) is 11.2. The number of carbonyl (C=O) groups is 2. The lowest BCUT2D eigenvalue weighted by Crippen LogP contribution is -2.27. The molecule has 4 nitrogen and oxygen atoms in total. The van der Waals surface area contributed by atoms with Crippen LogP contribution in [-0.2, 0) is 6.42 Å². The Hall–Kier alpha value is -1.58. The third-order valence-corrected chi connectivity index (χ3v) is 2.77. The highest BCUT2D eigenvalue weighted by molar-refractivity contribution is 6.07. The average Bonchev–Trinajstić information content (AvgIpc) is 2.45. The Balaban J connectivity index is 2.53. The van der Waals surface area contributed by atoms with Gasteiger partial charge in [0.15, 0.2) is 5.78 Å². The molecule has 0 aliphatic heterocycles. The van der Waals surface area contributed by atoms with E-state index in [0.717, 1.165) is 12.1 Å². The van der Waals surface area contributed by atoms with Crippen LogP contribution in [0.3, 0.4) is 0 Å². The molecule has 0 unspecified atom stereocenters. The number of rotatable bonds is 1. The van der Waals surface area contributed by atoms with Crippen LogP contribution >= 0.6 is 0 Å². The summed E-state index contributed by atoms with van der Waals surface area (Å²) in [6.45, 7) is 4.02. The molecule has 1 aromatic rings. The average molecular weight is 207 g/mol. The quantitative estimate of drug-likeness (QED) is 0.738. The molecule has 2 rings (SSSR count). The molecule has 0 amide bonds. The molecule has 0 spiro atoms. The van der Waals surface area contributed by atoms with E-state index in [9.17, 15) is 9.59 Å². The molecule has 0 fully saturated rings. The number of aromatic carboxylic acids is 1. The van der Waals surface area contributed by atoms with Crippen molar-refractivity contribution in [3.05, 3.63) is 23.0 Å². The van der Waals surface area contributed by atoms with Gasteiger partial charge in [-0.25, -0.2) is 4.79 Å². The van der Waals surface area contributed by atoms with E-state index in [1.165, 1.54) is 6.20 Å². The summed E-state index contributed by atoms with van der Waals surface area (Å²) in [5.41, 5.74) is 1.16. The lowest BCUT2D eigenvalue weighted by Gasteiger charge is -2.28. The standard InChI is InChI=1S/C11H13NO3/c1-11(2)3-7-9(8(13)4-11)6(5-12-7)10(14)15/h5,12H,3-4H2,1-2H3,(H,14,15). The number of Topliss-reactive ketones (excluding diaryl/α,β-unsaturated/α-hetero) is 1. The summed E-state index contributed by atoms with van der Waals surface area (Å²) in [5, 5.41) is 8.91. The van der Waals surface area contributed by atoms with Crippen molar-refractivity contribution in [2.45, 2.75) is 26.7 Å². The lowest BCUT2D eigenvalue weighted by molar-refractivity contribution is 0.0689. The number of aromatic amines is 1. The largest absolute Gasteiger partial charge is 0.478 e. The Morgan fingerprint density at radius 1 is 1.47 bits per heavy atom. The van der Waals surface area contributed by atoms with Crippen molar-refractivity contribution in [3.63, 3.8) is 0 Å². The molecule has 2 N–H and O–H groups in total. The minimum absolute atomic E-state index is 0.0695. The van der Waals surface area contributed by atoms with Gasteiger partial charge in [0.25, 0.3) is 0 Å². The van der Waals surface area contributed by atoms with Gasteiger partial charge in [-0.15, -0.1) is 0 Å². The molecule has 0 radical (unpaired) electrons. The van der Waals surface area contributed by atoms with E-state index >= 15 is 0 Å². The molecule has 15 heavy (non-hydrogen) atoms. The molecule has 0 saturated heterocycles. The smallest absolute Gasteiger partial charge is 0.337 e. The summed E-state index contributed by atoms with van der Waals surface area (Å²) in [6, 6.07) is 0. The fraction of sp³-hybridized carbons (Fsp3) is 0.455. The first-order chi connectivity index (χ1) is 6.91. The second kappa shape index (κ2) is 2.95. The van der Waals surface area contributed by atoms with Gasteiger partial charge in [0.2, 0.25) is 0 Å². The summed E-state index contributed by atoms with van der Waals surface area (Å²) in [5.74, 6) is -1.11. The van der Waals surface area contributed by atoms with Gasteiger partial charge < -0.3 is 10.1 Å². The van der Waals surface area contributed by atoms with Crippen molar-refractivity contribution in [2.75, 3.05) is 0 Å². The molecule has 0 bridgehead atoms. The molecule has 1 heterocycles. The van der Waals surface area contributed by atoms with E-state index in [2.05, 4.69) is 4.98 Å². The SMILES string of the molecule is CC1(C)CC(=O)c2c(C(=O)O)c[nH]c2C1. The molecule has 1 aromatic heterocycles. The Morgan fingerprint density at radius 2 is 2.13 bits per heavy atom. The van der Waals surface area contributed by atoms with Crippen LogP contribution in [0.4, 0.5) is 0 Å². The van der Waals surface area contributed by atoms with Gasteiger partial charge in [-0.3, -0.25) is 4.79 Å². The fourth-order valence-corrected chi connectivity index (χ4v) is 2.16. The maximum absolute atomic E-state index is 11.8. The second-order valence-corrected chi connectivity index (χ2v) is 4.80. The Labute approximate surface area is 87.3 Å². The monoisotopic (exact) mass is 207 g/mol. The zero-order valence-electron chi connectivity index (χ0n) is 8.76. The van der Waals surface area contributed by atoms with E-state index in [0.29, 0.717) is 12.0 Å². The number of carboxylic acids is 1. The van der Waals surface area contributed by atoms with Crippen LogP contribution in [0.15, 0.2) is 6.20 Å². The van der Waals surface area contributed by atoms with E-state index < -0.39 is 5.97 Å². The van der Waals surface area contributed by atoms with Crippen LogP contribution < -0.4 is 0 Å². The predicted molar refractivity (Wildman–Crippen MR) is 54.2 cm³/mol. The maximum atomic E-state index is 11.8. The fourth-order valence-electron chi connectivity index (χ4n) is 2.16. The molecule has 4 heteroatoms. The van der Waals surface area contributed by atoms with Crippen LogP contribution in [-0.4, -0.2) is 21.8 Å². The molecular weight excluding hydrogens is 194 g/mol. The molecule has 1 aliphatic carbocycles. The van der Waals surface area contributed by atoms with Crippen LogP contribution in [0.1, 0.15) is 46.7 Å². The van der Waals surface area contributed by atoms with Gasteiger partial charge in [-0.1, -0.05) is 13.8 Å². The van der Waals surface area contributed by atoms with Gasteiger partial charge in [0.05, 0.1) is 11.1 Å². The summed E-state index contributed by atoms with van der Waals surface area (Å²) in [6.07, 6.45) is 2.55. The predicted octanol–water partition coefficient (Wildman–Crippen LogP) is 1.87. The Bertz CT molecular complexity index is 443. The van der Waals surface area contributed by atoms with Crippen LogP contribution in [0.2, 0.25) is 0 Å². The Morgan fingerprint density at radius 3 is 2.73 bits per heavy atom. The van der Waals surface area contributed by atoms with Crippen LogP contribution in [0, 0.1) is 5.41 Å². The summed E-state index contributed by atoms with van der Waals surface area (Å²) >= 11 is 0. The van der Waals surface area contributed by atoms with Gasteiger partial charge >= 0.3 is 5.97 Å². The Kier molecular flexibility index (Phi) is 1.96. The van der Waals surface area contributed by atoms with Crippen molar-refractivity contribution in [1.29, 1.82) is 0 Å². The first-order valence-corrected chi connectivity index (χ1v) is 4.87. The molecule has 80 valence electrons. The highest BCUT2D eigenvalue weighted by Crippen LogP contribution is 2.35. The molecule has 0 saturated carbocycles. The number of fused-ring (bicyclic) bond motifs is 1. The first kappa shape index (κ1) is 9.96. The minimum atomic E-state index is -1.04. The van der Waals surface area contributed by atoms with Gasteiger partial charge in [0.1, 0.15) is 0 Å². The third-order valence-electron chi connectivity index (χ3n) is 2.77. The number of carbonyl (C=O) groups excluding carboxylic acids is 1. The highest BCUT2D eigenvalue weighted by atomic mass is 16.4. The van der Waals surface area contributed by atoms with Gasteiger partial charge in [-0.05, 0) is 11.8 Å². The summed E-state index contributed by atoms with van der Waals surface area (Å²) in [4.78, 5) is 25.6. The van der Waals surface area contributed by atoms with E-state index in [1.54, 1.807) is 0 Å². The first-order valence-electron chi connectivity index (χ1n) is 4.87. The molecule has 0 atom stereocenters.